The van der Waals surface area contributed by atoms with Gasteiger partial charge in [0.15, 0.2) is 5.11 Å². The lowest BCUT2D eigenvalue weighted by Gasteiger charge is -2.31. The molecule has 6 heteroatoms. The Hall–Kier alpha value is -2.08. The van der Waals surface area contributed by atoms with Crippen molar-refractivity contribution in [1.29, 1.82) is 0 Å². The maximum Gasteiger partial charge on any atom is 0.251 e. The molecule has 1 heterocycles. The SMILES string of the molecule is CCN(CC)c1ccc(C2NC(=S)NC(C)=C2C(=O)NC(C)CCC(C)C)cc1. The number of benzene rings is 1. The van der Waals surface area contributed by atoms with E-state index in [-0.39, 0.29) is 18.0 Å². The van der Waals surface area contributed by atoms with E-state index in [1.165, 1.54) is 5.69 Å². The quantitative estimate of drug-likeness (QED) is 0.525. The van der Waals surface area contributed by atoms with Crippen LogP contribution in [0.1, 0.15) is 66.0 Å². The number of rotatable bonds is 9. The van der Waals surface area contributed by atoms with Crippen molar-refractivity contribution < 1.29 is 4.79 Å². The number of hydrogen-bond donors (Lipinski definition) is 3. The van der Waals surface area contributed by atoms with E-state index in [0.29, 0.717) is 16.6 Å². The lowest BCUT2D eigenvalue weighted by molar-refractivity contribution is -0.118. The number of hydrogen-bond acceptors (Lipinski definition) is 3. The molecule has 29 heavy (non-hydrogen) atoms. The number of carbonyl (C=O) groups excluding carboxylic acids is 1. The molecule has 1 aromatic carbocycles. The van der Waals surface area contributed by atoms with Gasteiger partial charge in [-0.15, -0.1) is 0 Å². The summed E-state index contributed by atoms with van der Waals surface area (Å²) in [5, 5.41) is 10.1. The minimum Gasteiger partial charge on any atom is -0.372 e. The van der Waals surface area contributed by atoms with Crippen LogP contribution < -0.4 is 20.9 Å². The van der Waals surface area contributed by atoms with Crippen LogP contribution in [-0.4, -0.2) is 30.2 Å². The van der Waals surface area contributed by atoms with Gasteiger partial charge in [0.25, 0.3) is 5.91 Å². The summed E-state index contributed by atoms with van der Waals surface area (Å²) >= 11 is 5.37. The number of carbonyl (C=O) groups is 1. The van der Waals surface area contributed by atoms with Crippen molar-refractivity contribution in [1.82, 2.24) is 16.0 Å². The first kappa shape index (κ1) is 23.2. The molecule has 0 aliphatic carbocycles. The molecule has 1 aliphatic rings. The number of allylic oxidation sites excluding steroid dienone is 1. The van der Waals surface area contributed by atoms with Crippen LogP contribution in [0.5, 0.6) is 0 Å². The monoisotopic (exact) mass is 416 g/mol. The molecule has 0 aromatic heterocycles. The van der Waals surface area contributed by atoms with Crippen LogP contribution in [-0.2, 0) is 4.79 Å². The maximum absolute atomic E-state index is 13.1. The standard InChI is InChI=1S/C23H36N4OS/c1-7-27(8-2)19-13-11-18(12-14-19)21-20(17(6)25-23(29)26-21)22(28)24-16(5)10-9-15(3)4/h11-16,21H,7-10H2,1-6H3,(H,24,28)(H2,25,26,29). The predicted octanol–water partition coefficient (Wildman–Crippen LogP) is 4.27. The summed E-state index contributed by atoms with van der Waals surface area (Å²) < 4.78 is 0. The van der Waals surface area contributed by atoms with Gasteiger partial charge in [0.05, 0.1) is 11.6 Å². The molecule has 0 bridgehead atoms. The summed E-state index contributed by atoms with van der Waals surface area (Å²) in [6.07, 6.45) is 2.06. The zero-order valence-electron chi connectivity index (χ0n) is 18.6. The first-order valence-corrected chi connectivity index (χ1v) is 11.1. The van der Waals surface area contributed by atoms with E-state index in [4.69, 9.17) is 12.2 Å². The molecule has 2 rings (SSSR count). The van der Waals surface area contributed by atoms with E-state index < -0.39 is 0 Å². The van der Waals surface area contributed by atoms with Crippen LogP contribution in [0, 0.1) is 5.92 Å². The summed E-state index contributed by atoms with van der Waals surface area (Å²) in [7, 11) is 0. The first-order valence-electron chi connectivity index (χ1n) is 10.7. The van der Waals surface area contributed by atoms with Crippen LogP contribution in [0.4, 0.5) is 5.69 Å². The molecule has 2 atom stereocenters. The van der Waals surface area contributed by atoms with Crippen molar-refractivity contribution >= 4 is 28.9 Å². The highest BCUT2D eigenvalue weighted by atomic mass is 32.1. The van der Waals surface area contributed by atoms with Gasteiger partial charge in [0.2, 0.25) is 0 Å². The minimum atomic E-state index is -0.258. The first-order chi connectivity index (χ1) is 13.8. The van der Waals surface area contributed by atoms with Crippen molar-refractivity contribution in [2.45, 2.75) is 66.5 Å². The fourth-order valence-electron chi connectivity index (χ4n) is 3.67. The zero-order valence-corrected chi connectivity index (χ0v) is 19.5. The van der Waals surface area contributed by atoms with Crippen LogP contribution in [0.15, 0.2) is 35.5 Å². The highest BCUT2D eigenvalue weighted by Crippen LogP contribution is 2.28. The summed E-state index contributed by atoms with van der Waals surface area (Å²) in [5.41, 5.74) is 3.72. The summed E-state index contributed by atoms with van der Waals surface area (Å²) in [6, 6.07) is 8.28. The van der Waals surface area contributed by atoms with E-state index in [0.717, 1.165) is 37.2 Å². The molecule has 5 nitrogen and oxygen atoms in total. The Morgan fingerprint density at radius 2 is 1.76 bits per heavy atom. The molecule has 160 valence electrons. The third-order valence-corrected chi connectivity index (χ3v) is 5.64. The molecular formula is C23H36N4OS. The Morgan fingerprint density at radius 3 is 2.31 bits per heavy atom. The van der Waals surface area contributed by atoms with Gasteiger partial charge >= 0.3 is 0 Å². The number of amides is 1. The van der Waals surface area contributed by atoms with Gasteiger partial charge in [-0.3, -0.25) is 4.79 Å². The van der Waals surface area contributed by atoms with Gasteiger partial charge < -0.3 is 20.9 Å². The Morgan fingerprint density at radius 1 is 1.14 bits per heavy atom. The van der Waals surface area contributed by atoms with Crippen molar-refractivity contribution in [2.75, 3.05) is 18.0 Å². The molecule has 2 unspecified atom stereocenters. The van der Waals surface area contributed by atoms with E-state index in [9.17, 15) is 4.79 Å². The van der Waals surface area contributed by atoms with Crippen LogP contribution in [0.2, 0.25) is 0 Å². The fraction of sp³-hybridized carbons (Fsp3) is 0.565. The lowest BCUT2D eigenvalue weighted by Crippen LogP contribution is -2.47. The summed E-state index contributed by atoms with van der Waals surface area (Å²) in [6.45, 7) is 14.6. The smallest absolute Gasteiger partial charge is 0.251 e. The van der Waals surface area contributed by atoms with E-state index in [1.807, 2.05) is 6.92 Å². The molecule has 0 fully saturated rings. The second-order valence-corrected chi connectivity index (χ2v) is 8.59. The lowest BCUT2D eigenvalue weighted by atomic mass is 9.94. The normalized spacial score (nSPS) is 17.6. The largest absolute Gasteiger partial charge is 0.372 e. The Labute approximate surface area is 181 Å². The fourth-order valence-corrected chi connectivity index (χ4v) is 3.94. The molecule has 0 radical (unpaired) electrons. The number of nitrogens with one attached hydrogen (secondary N) is 3. The molecule has 1 aliphatic heterocycles. The molecule has 1 amide bonds. The molecular weight excluding hydrogens is 380 g/mol. The summed E-state index contributed by atoms with van der Waals surface area (Å²) in [5.74, 6) is 0.585. The van der Waals surface area contributed by atoms with Gasteiger partial charge in [0, 0.05) is 30.5 Å². The van der Waals surface area contributed by atoms with E-state index >= 15 is 0 Å². The predicted molar refractivity (Wildman–Crippen MR) is 126 cm³/mol. The Bertz CT molecular complexity index is 738. The molecule has 1 aromatic rings. The minimum absolute atomic E-state index is 0.0425. The van der Waals surface area contributed by atoms with Gasteiger partial charge in [-0.1, -0.05) is 26.0 Å². The topological polar surface area (TPSA) is 56.4 Å². The second kappa shape index (κ2) is 10.6. The average Bonchev–Trinajstić information content (AvgIpc) is 2.67. The molecule has 3 N–H and O–H groups in total. The van der Waals surface area contributed by atoms with Gasteiger partial charge in [-0.25, -0.2) is 0 Å². The number of anilines is 1. The van der Waals surface area contributed by atoms with Crippen LogP contribution >= 0.6 is 12.2 Å². The van der Waals surface area contributed by atoms with Crippen LogP contribution in [0.3, 0.4) is 0 Å². The van der Waals surface area contributed by atoms with Crippen molar-refractivity contribution in [3.63, 3.8) is 0 Å². The molecule has 0 spiro atoms. The maximum atomic E-state index is 13.1. The third-order valence-electron chi connectivity index (χ3n) is 5.42. The second-order valence-electron chi connectivity index (χ2n) is 8.18. The Balaban J connectivity index is 2.23. The Kier molecular flexibility index (Phi) is 8.50. The average molecular weight is 417 g/mol. The molecule has 0 saturated heterocycles. The van der Waals surface area contributed by atoms with Crippen molar-refractivity contribution in [3.8, 4) is 0 Å². The van der Waals surface area contributed by atoms with Crippen molar-refractivity contribution in [2.24, 2.45) is 5.92 Å². The number of nitrogens with zero attached hydrogens (tertiary/aromatic N) is 1. The summed E-state index contributed by atoms with van der Waals surface area (Å²) in [4.78, 5) is 15.4. The number of thiocarbonyl (C=S) groups is 1. The van der Waals surface area contributed by atoms with Crippen molar-refractivity contribution in [3.05, 3.63) is 41.1 Å². The van der Waals surface area contributed by atoms with Gasteiger partial charge in [-0.2, -0.15) is 0 Å². The third kappa shape index (κ3) is 6.20. The van der Waals surface area contributed by atoms with E-state index in [1.54, 1.807) is 0 Å². The highest BCUT2D eigenvalue weighted by molar-refractivity contribution is 7.80. The highest BCUT2D eigenvalue weighted by Gasteiger charge is 2.30. The van der Waals surface area contributed by atoms with Gasteiger partial charge in [-0.05, 0) is 76.4 Å². The van der Waals surface area contributed by atoms with Crippen LogP contribution in [0.25, 0.3) is 0 Å². The van der Waals surface area contributed by atoms with E-state index in [2.05, 4.69) is 79.7 Å². The molecule has 0 saturated carbocycles. The van der Waals surface area contributed by atoms with Gasteiger partial charge in [0.1, 0.15) is 0 Å². The zero-order chi connectivity index (χ0) is 21.6.